The first kappa shape index (κ1) is 11.6. The lowest BCUT2D eigenvalue weighted by molar-refractivity contribution is 0.430. The molecule has 0 bridgehead atoms. The molecule has 0 aromatic heterocycles. The van der Waals surface area contributed by atoms with Gasteiger partial charge in [0, 0.05) is 25.7 Å². The van der Waals surface area contributed by atoms with E-state index in [1.807, 2.05) is 0 Å². The zero-order chi connectivity index (χ0) is 11.2. The van der Waals surface area contributed by atoms with Crippen molar-refractivity contribution in [3.63, 3.8) is 0 Å². The third-order valence-electron chi connectivity index (χ3n) is 3.24. The highest BCUT2D eigenvalue weighted by Gasteiger charge is 2.13. The molecule has 88 valence electrons. The van der Waals surface area contributed by atoms with Crippen molar-refractivity contribution < 1.29 is 0 Å². The highest BCUT2D eigenvalue weighted by Crippen LogP contribution is 2.15. The molecule has 0 radical (unpaired) electrons. The lowest BCUT2D eigenvalue weighted by atomic mass is 10.0. The van der Waals surface area contributed by atoms with E-state index in [9.17, 15) is 0 Å². The average Bonchev–Trinajstić information content (AvgIpc) is 2.38. The second kappa shape index (κ2) is 6.02. The first-order valence-corrected chi connectivity index (χ1v) is 6.43. The van der Waals surface area contributed by atoms with E-state index in [-0.39, 0.29) is 0 Å². The number of aryl methyl sites for hydroxylation is 1. The minimum Gasteiger partial charge on any atom is -0.314 e. The van der Waals surface area contributed by atoms with Crippen LogP contribution in [-0.4, -0.2) is 19.6 Å². The van der Waals surface area contributed by atoms with Crippen molar-refractivity contribution in [3.8, 4) is 0 Å². The lowest BCUT2D eigenvalue weighted by Gasteiger charge is -2.25. The van der Waals surface area contributed by atoms with Crippen molar-refractivity contribution in [2.45, 2.75) is 32.2 Å². The smallest absolute Gasteiger partial charge is 0.0447 e. The number of rotatable bonds is 4. The fourth-order valence-electron chi connectivity index (χ4n) is 2.19. The molecule has 0 saturated carbocycles. The summed E-state index contributed by atoms with van der Waals surface area (Å²) in [4.78, 5) is 0. The molecule has 1 saturated heterocycles. The van der Waals surface area contributed by atoms with Crippen LogP contribution in [0.2, 0.25) is 0 Å². The molecule has 0 aliphatic carbocycles. The van der Waals surface area contributed by atoms with Crippen LogP contribution in [0.4, 0.5) is 0 Å². The maximum absolute atomic E-state index is 3.54. The minimum atomic E-state index is 0.494. The van der Waals surface area contributed by atoms with Crippen molar-refractivity contribution in [2.75, 3.05) is 19.6 Å². The van der Waals surface area contributed by atoms with E-state index in [2.05, 4.69) is 41.8 Å². The Balaban J connectivity index is 1.95. The fourth-order valence-corrected chi connectivity index (χ4v) is 2.19. The topological polar surface area (TPSA) is 24.1 Å². The monoisotopic (exact) mass is 218 g/mol. The van der Waals surface area contributed by atoms with E-state index in [1.54, 1.807) is 0 Å². The van der Waals surface area contributed by atoms with E-state index in [0.29, 0.717) is 6.04 Å². The van der Waals surface area contributed by atoms with E-state index in [0.717, 1.165) is 19.6 Å². The summed E-state index contributed by atoms with van der Waals surface area (Å²) in [5, 5.41) is 6.96. The number of unbranched alkanes of at least 4 members (excludes halogenated alkanes) is 1. The fraction of sp³-hybridized carbons (Fsp3) is 0.571. The second-order valence-electron chi connectivity index (χ2n) is 4.56. The predicted molar refractivity (Wildman–Crippen MR) is 68.7 cm³/mol. The zero-order valence-electron chi connectivity index (χ0n) is 10.1. The summed E-state index contributed by atoms with van der Waals surface area (Å²) < 4.78 is 0. The summed E-state index contributed by atoms with van der Waals surface area (Å²) in [7, 11) is 0. The van der Waals surface area contributed by atoms with Gasteiger partial charge >= 0.3 is 0 Å². The quantitative estimate of drug-likeness (QED) is 0.810. The molecule has 16 heavy (non-hydrogen) atoms. The molecule has 1 fully saturated rings. The molecule has 2 heteroatoms. The molecule has 1 atom stereocenters. The van der Waals surface area contributed by atoms with Crippen molar-refractivity contribution in [3.05, 3.63) is 35.4 Å². The molecular formula is C14H22N2. The summed E-state index contributed by atoms with van der Waals surface area (Å²) >= 11 is 0. The van der Waals surface area contributed by atoms with Crippen molar-refractivity contribution in [1.82, 2.24) is 10.6 Å². The van der Waals surface area contributed by atoms with Gasteiger partial charge in [-0.25, -0.2) is 0 Å². The second-order valence-corrected chi connectivity index (χ2v) is 4.56. The summed E-state index contributed by atoms with van der Waals surface area (Å²) in [6.45, 7) is 5.45. The van der Waals surface area contributed by atoms with Gasteiger partial charge in [-0.3, -0.25) is 0 Å². The van der Waals surface area contributed by atoms with Gasteiger partial charge in [0.25, 0.3) is 0 Å². The summed E-state index contributed by atoms with van der Waals surface area (Å²) in [5.74, 6) is 0. The van der Waals surface area contributed by atoms with Gasteiger partial charge in [-0.05, 0) is 24.0 Å². The molecule has 2 N–H and O–H groups in total. The van der Waals surface area contributed by atoms with Crippen molar-refractivity contribution >= 4 is 0 Å². The van der Waals surface area contributed by atoms with Crippen LogP contribution in [0.5, 0.6) is 0 Å². The molecule has 2 rings (SSSR count). The normalized spacial score (nSPS) is 20.9. The molecule has 1 heterocycles. The van der Waals surface area contributed by atoms with Crippen LogP contribution in [0.1, 0.15) is 36.9 Å². The maximum Gasteiger partial charge on any atom is 0.0447 e. The van der Waals surface area contributed by atoms with Gasteiger partial charge in [0.2, 0.25) is 0 Å². The summed E-state index contributed by atoms with van der Waals surface area (Å²) in [6, 6.07) is 9.60. The number of benzene rings is 1. The van der Waals surface area contributed by atoms with Crippen LogP contribution >= 0.6 is 0 Å². The molecule has 0 spiro atoms. The number of hydrogen-bond acceptors (Lipinski definition) is 2. The maximum atomic E-state index is 3.54. The van der Waals surface area contributed by atoms with Gasteiger partial charge in [0.1, 0.15) is 0 Å². The minimum absolute atomic E-state index is 0.494. The Morgan fingerprint density at radius 2 is 2.00 bits per heavy atom. The average molecular weight is 218 g/mol. The van der Waals surface area contributed by atoms with Gasteiger partial charge in [-0.15, -0.1) is 0 Å². The van der Waals surface area contributed by atoms with Crippen molar-refractivity contribution in [2.24, 2.45) is 0 Å². The largest absolute Gasteiger partial charge is 0.314 e. The third kappa shape index (κ3) is 3.06. The summed E-state index contributed by atoms with van der Waals surface area (Å²) in [5.41, 5.74) is 2.88. The highest BCUT2D eigenvalue weighted by molar-refractivity contribution is 5.25. The number of hydrogen-bond donors (Lipinski definition) is 2. The van der Waals surface area contributed by atoms with Crippen LogP contribution in [0.3, 0.4) is 0 Å². The van der Waals surface area contributed by atoms with Crippen LogP contribution < -0.4 is 10.6 Å². The van der Waals surface area contributed by atoms with E-state index in [4.69, 9.17) is 0 Å². The van der Waals surface area contributed by atoms with Gasteiger partial charge in [0.05, 0.1) is 0 Å². The Morgan fingerprint density at radius 1 is 1.19 bits per heavy atom. The molecule has 1 aromatic carbocycles. The van der Waals surface area contributed by atoms with E-state index < -0.39 is 0 Å². The van der Waals surface area contributed by atoms with Crippen LogP contribution in [-0.2, 0) is 6.42 Å². The highest BCUT2D eigenvalue weighted by atomic mass is 15.1. The number of nitrogens with one attached hydrogen (secondary N) is 2. The van der Waals surface area contributed by atoms with E-state index in [1.165, 1.54) is 30.4 Å². The number of piperazine rings is 1. The van der Waals surface area contributed by atoms with Crippen molar-refractivity contribution in [1.29, 1.82) is 0 Å². The molecule has 1 unspecified atom stereocenters. The Hall–Kier alpha value is -0.860. The standard InChI is InChI=1S/C14H22N2/c1-2-3-4-12-5-7-13(8-6-12)14-11-15-9-10-16-14/h5-8,14-16H,2-4,9-11H2,1H3. The molecule has 1 aromatic rings. The Bertz CT molecular complexity index is 299. The third-order valence-corrected chi connectivity index (χ3v) is 3.24. The lowest BCUT2D eigenvalue weighted by Crippen LogP contribution is -2.42. The first-order valence-electron chi connectivity index (χ1n) is 6.43. The first-order chi connectivity index (χ1) is 7.90. The Labute approximate surface area is 98.4 Å². The molecule has 1 aliphatic heterocycles. The molecular weight excluding hydrogens is 196 g/mol. The predicted octanol–water partition coefficient (Wildman–Crippen LogP) is 2.26. The van der Waals surface area contributed by atoms with Crippen LogP contribution in [0.25, 0.3) is 0 Å². The molecule has 0 amide bonds. The van der Waals surface area contributed by atoms with Crippen LogP contribution in [0, 0.1) is 0 Å². The molecule has 2 nitrogen and oxygen atoms in total. The van der Waals surface area contributed by atoms with Gasteiger partial charge < -0.3 is 10.6 Å². The van der Waals surface area contributed by atoms with Gasteiger partial charge in [0.15, 0.2) is 0 Å². The SMILES string of the molecule is CCCCc1ccc(C2CNCCN2)cc1. The van der Waals surface area contributed by atoms with Gasteiger partial charge in [-0.2, -0.15) is 0 Å². The van der Waals surface area contributed by atoms with Gasteiger partial charge in [-0.1, -0.05) is 37.6 Å². The van der Waals surface area contributed by atoms with Crippen LogP contribution in [0.15, 0.2) is 24.3 Å². The zero-order valence-corrected chi connectivity index (χ0v) is 10.1. The Kier molecular flexibility index (Phi) is 4.37. The molecule has 1 aliphatic rings. The van der Waals surface area contributed by atoms with E-state index >= 15 is 0 Å². The Morgan fingerprint density at radius 3 is 2.62 bits per heavy atom. The summed E-state index contributed by atoms with van der Waals surface area (Å²) in [6.07, 6.45) is 3.78.